The predicted octanol–water partition coefficient (Wildman–Crippen LogP) is 2.75. The molecule has 0 atom stereocenters. The smallest absolute Gasteiger partial charge is 0.319 e. The van der Waals surface area contributed by atoms with Crippen LogP contribution in [0, 0.1) is 5.92 Å². The Hall–Kier alpha value is -3.47. The van der Waals surface area contributed by atoms with E-state index in [4.69, 9.17) is 14.5 Å². The van der Waals surface area contributed by atoms with Gasteiger partial charge < -0.3 is 24.6 Å². The Morgan fingerprint density at radius 3 is 2.71 bits per heavy atom. The van der Waals surface area contributed by atoms with E-state index < -0.39 is 0 Å². The van der Waals surface area contributed by atoms with Crippen LogP contribution in [-0.4, -0.2) is 88.9 Å². The molecule has 0 unspecified atom stereocenters. The fraction of sp³-hybridized carbons (Fsp3) is 0.593. The second-order valence-electron chi connectivity index (χ2n) is 10.6. The van der Waals surface area contributed by atoms with Gasteiger partial charge >= 0.3 is 6.01 Å². The van der Waals surface area contributed by atoms with Crippen LogP contribution in [0.3, 0.4) is 0 Å². The van der Waals surface area contributed by atoms with Crippen LogP contribution >= 0.6 is 0 Å². The van der Waals surface area contributed by atoms with Crippen molar-refractivity contribution in [3.8, 4) is 11.8 Å². The fourth-order valence-corrected chi connectivity index (χ4v) is 5.45. The molecule has 0 aromatic carbocycles. The third-order valence-corrected chi connectivity index (χ3v) is 7.86. The van der Waals surface area contributed by atoms with Gasteiger partial charge in [0.1, 0.15) is 17.3 Å². The van der Waals surface area contributed by atoms with E-state index in [0.717, 1.165) is 73.9 Å². The van der Waals surface area contributed by atoms with Crippen LogP contribution in [0.25, 0.3) is 11.0 Å². The number of hydrogen-bond donors (Lipinski definition) is 2. The summed E-state index contributed by atoms with van der Waals surface area (Å²) >= 11 is 0. The van der Waals surface area contributed by atoms with Crippen LogP contribution < -0.4 is 19.7 Å². The monoisotopic (exact) mass is 520 g/mol. The van der Waals surface area contributed by atoms with E-state index >= 15 is 0 Å². The standard InChI is InChI=1S/C27H36N8O3/c1-37-21-6-9-28-25-23(21)24(32-33-25)19-7-13-35(14-8-19)22-16-20(30-27(31-22)38-17-18-4-5-18)26(36)29-10-15-34-11-2-3-12-34/h6,9,16,18-19H,2-5,7-8,10-15,17H2,1H3,(H,29,36)(H,28,32,33). The zero-order chi connectivity index (χ0) is 25.9. The number of amides is 1. The molecule has 3 aromatic rings. The lowest BCUT2D eigenvalue weighted by Gasteiger charge is -2.32. The maximum absolute atomic E-state index is 13.0. The lowest BCUT2D eigenvalue weighted by Crippen LogP contribution is -2.35. The lowest BCUT2D eigenvalue weighted by molar-refractivity contribution is 0.0943. The molecule has 3 aliphatic rings. The van der Waals surface area contributed by atoms with Gasteiger partial charge in [0.25, 0.3) is 5.91 Å². The number of carbonyl (C=O) groups is 1. The zero-order valence-electron chi connectivity index (χ0n) is 22.0. The van der Waals surface area contributed by atoms with E-state index in [9.17, 15) is 4.79 Å². The number of H-pyrrole nitrogens is 1. The number of rotatable bonds is 10. The molecule has 0 bridgehead atoms. The topological polar surface area (TPSA) is 121 Å². The lowest BCUT2D eigenvalue weighted by atomic mass is 9.92. The van der Waals surface area contributed by atoms with Gasteiger partial charge in [-0.3, -0.25) is 9.89 Å². The number of pyridine rings is 1. The predicted molar refractivity (Wildman–Crippen MR) is 143 cm³/mol. The molecule has 2 saturated heterocycles. The van der Waals surface area contributed by atoms with Crippen LogP contribution in [0.5, 0.6) is 11.8 Å². The Morgan fingerprint density at radius 1 is 1.13 bits per heavy atom. The minimum absolute atomic E-state index is 0.179. The molecule has 2 aliphatic heterocycles. The number of aromatic amines is 1. The van der Waals surface area contributed by atoms with Gasteiger partial charge in [0.15, 0.2) is 5.65 Å². The Bertz CT molecular complexity index is 1260. The molecule has 38 heavy (non-hydrogen) atoms. The van der Waals surface area contributed by atoms with Crippen molar-refractivity contribution in [2.75, 3.05) is 57.9 Å². The Balaban J connectivity index is 1.15. The zero-order valence-corrected chi connectivity index (χ0v) is 22.0. The van der Waals surface area contributed by atoms with E-state index in [1.165, 1.54) is 25.7 Å². The van der Waals surface area contributed by atoms with Gasteiger partial charge in [-0.15, -0.1) is 0 Å². The summed E-state index contributed by atoms with van der Waals surface area (Å²) in [5.74, 6) is 2.20. The second kappa shape index (κ2) is 11.1. The van der Waals surface area contributed by atoms with E-state index in [1.807, 2.05) is 6.07 Å². The van der Waals surface area contributed by atoms with Crippen LogP contribution in [-0.2, 0) is 0 Å². The summed E-state index contributed by atoms with van der Waals surface area (Å²) < 4.78 is 11.5. The number of nitrogens with zero attached hydrogens (tertiary/aromatic N) is 6. The van der Waals surface area contributed by atoms with Crippen molar-refractivity contribution in [3.05, 3.63) is 29.7 Å². The molecule has 3 aromatic heterocycles. The third-order valence-electron chi connectivity index (χ3n) is 7.86. The summed E-state index contributed by atoms with van der Waals surface area (Å²) in [5, 5.41) is 11.6. The van der Waals surface area contributed by atoms with E-state index in [1.54, 1.807) is 19.4 Å². The first-order valence-corrected chi connectivity index (χ1v) is 13.8. The molecule has 1 saturated carbocycles. The van der Waals surface area contributed by atoms with Gasteiger partial charge in [-0.25, -0.2) is 4.98 Å². The molecule has 3 fully saturated rings. The molecule has 11 heteroatoms. The average molecular weight is 521 g/mol. The summed E-state index contributed by atoms with van der Waals surface area (Å²) in [6.45, 7) is 5.87. The quantitative estimate of drug-likeness (QED) is 0.416. The SMILES string of the molecule is COc1ccnc2[nH]nc(C3CCN(c4cc(C(=O)NCCN5CCCC5)nc(OCC5CC5)n4)CC3)c12. The second-order valence-corrected chi connectivity index (χ2v) is 10.6. The minimum atomic E-state index is -0.179. The van der Waals surface area contributed by atoms with Gasteiger partial charge in [0.05, 0.1) is 24.8 Å². The Kier molecular flexibility index (Phi) is 7.26. The highest BCUT2D eigenvalue weighted by Gasteiger charge is 2.28. The largest absolute Gasteiger partial charge is 0.496 e. The van der Waals surface area contributed by atoms with Crippen LogP contribution in [0.4, 0.5) is 5.82 Å². The summed E-state index contributed by atoms with van der Waals surface area (Å²) in [6, 6.07) is 3.96. The van der Waals surface area contributed by atoms with E-state index in [2.05, 4.69) is 35.3 Å². The van der Waals surface area contributed by atoms with Crippen molar-refractivity contribution in [1.29, 1.82) is 0 Å². The number of nitrogens with one attached hydrogen (secondary N) is 2. The minimum Gasteiger partial charge on any atom is -0.496 e. The summed E-state index contributed by atoms with van der Waals surface area (Å²) in [5.41, 5.74) is 2.10. The highest BCUT2D eigenvalue weighted by molar-refractivity contribution is 5.93. The van der Waals surface area contributed by atoms with Gasteiger partial charge in [-0.2, -0.15) is 15.1 Å². The van der Waals surface area contributed by atoms with Crippen LogP contribution in [0.2, 0.25) is 0 Å². The van der Waals surface area contributed by atoms with E-state index in [0.29, 0.717) is 24.8 Å². The highest BCUT2D eigenvalue weighted by Crippen LogP contribution is 2.36. The van der Waals surface area contributed by atoms with Gasteiger partial charge in [0, 0.05) is 44.4 Å². The Morgan fingerprint density at radius 2 is 1.95 bits per heavy atom. The number of piperidine rings is 1. The molecule has 1 aliphatic carbocycles. The summed E-state index contributed by atoms with van der Waals surface area (Å²) in [7, 11) is 1.67. The molecule has 11 nitrogen and oxygen atoms in total. The molecule has 2 N–H and O–H groups in total. The molecule has 1 amide bonds. The van der Waals surface area contributed by atoms with Crippen LogP contribution in [0.15, 0.2) is 18.3 Å². The maximum atomic E-state index is 13.0. The molecule has 5 heterocycles. The summed E-state index contributed by atoms with van der Waals surface area (Å²) in [4.78, 5) is 31.2. The molecule has 202 valence electrons. The number of fused-ring (bicyclic) bond motifs is 1. The summed E-state index contributed by atoms with van der Waals surface area (Å²) in [6.07, 6.45) is 8.36. The Labute approximate surface area is 222 Å². The molecule has 6 rings (SSSR count). The van der Waals surface area contributed by atoms with Crippen molar-refractivity contribution < 1.29 is 14.3 Å². The number of ether oxygens (including phenoxy) is 2. The first kappa shape index (κ1) is 24.8. The van der Waals surface area contributed by atoms with Crippen molar-refractivity contribution in [2.24, 2.45) is 5.92 Å². The van der Waals surface area contributed by atoms with Crippen molar-refractivity contribution in [2.45, 2.75) is 44.4 Å². The fourth-order valence-electron chi connectivity index (χ4n) is 5.45. The molecular weight excluding hydrogens is 484 g/mol. The number of likely N-dealkylation sites (tertiary alicyclic amines) is 1. The molecular formula is C27H36N8O3. The number of anilines is 1. The third kappa shape index (κ3) is 5.52. The molecule has 0 radical (unpaired) electrons. The average Bonchev–Trinajstić information content (AvgIpc) is 3.44. The first-order chi connectivity index (χ1) is 18.7. The van der Waals surface area contributed by atoms with Gasteiger partial charge in [-0.05, 0) is 63.6 Å². The number of hydrogen-bond acceptors (Lipinski definition) is 9. The van der Waals surface area contributed by atoms with Crippen molar-refractivity contribution >= 4 is 22.8 Å². The van der Waals surface area contributed by atoms with Crippen molar-refractivity contribution in [1.82, 2.24) is 35.4 Å². The number of carbonyl (C=O) groups excluding carboxylic acids is 1. The molecule has 0 spiro atoms. The van der Waals surface area contributed by atoms with Gasteiger partial charge in [-0.1, -0.05) is 0 Å². The van der Waals surface area contributed by atoms with E-state index in [-0.39, 0.29) is 17.8 Å². The first-order valence-electron chi connectivity index (χ1n) is 13.8. The normalized spacial score (nSPS) is 18.7. The van der Waals surface area contributed by atoms with Crippen molar-refractivity contribution in [3.63, 3.8) is 0 Å². The van der Waals surface area contributed by atoms with Crippen LogP contribution in [0.1, 0.15) is 60.6 Å². The number of methoxy groups -OCH3 is 1. The highest BCUT2D eigenvalue weighted by atomic mass is 16.5. The maximum Gasteiger partial charge on any atom is 0.319 e. The number of aromatic nitrogens is 5. The van der Waals surface area contributed by atoms with Gasteiger partial charge in [0.2, 0.25) is 0 Å².